The molecule has 2 aliphatic heterocycles. The van der Waals surface area contributed by atoms with Crippen LogP contribution in [0, 0.1) is 5.41 Å². The minimum absolute atomic E-state index is 0.0873. The molecule has 7 heteroatoms. The lowest BCUT2D eigenvalue weighted by molar-refractivity contribution is -0.127. The Morgan fingerprint density at radius 1 is 1.30 bits per heavy atom. The van der Waals surface area contributed by atoms with Crippen molar-refractivity contribution >= 4 is 33.0 Å². The summed E-state index contributed by atoms with van der Waals surface area (Å²) in [6.45, 7) is 1.56. The van der Waals surface area contributed by atoms with E-state index < -0.39 is 15.4 Å². The molecule has 1 amide bonds. The molecule has 0 unspecified atom stereocenters. The van der Waals surface area contributed by atoms with Crippen molar-refractivity contribution in [3.05, 3.63) is 16.8 Å². The smallest absolute Gasteiger partial charge is 0.234 e. The highest BCUT2D eigenvalue weighted by Crippen LogP contribution is 2.42. The summed E-state index contributed by atoms with van der Waals surface area (Å²) in [6, 6.07) is 1.94. The van der Waals surface area contributed by atoms with Gasteiger partial charge in [-0.1, -0.05) is 0 Å². The Labute approximate surface area is 123 Å². The van der Waals surface area contributed by atoms with E-state index >= 15 is 0 Å². The average molecular weight is 314 g/mol. The molecule has 110 valence electrons. The Balaban J connectivity index is 1.85. The van der Waals surface area contributed by atoms with Crippen LogP contribution in [0.3, 0.4) is 0 Å². The summed E-state index contributed by atoms with van der Waals surface area (Å²) < 4.78 is 25.0. The highest BCUT2D eigenvalue weighted by Gasteiger charge is 2.50. The van der Waals surface area contributed by atoms with E-state index in [0.29, 0.717) is 19.6 Å². The molecule has 1 aromatic heterocycles. The minimum atomic E-state index is -3.22. The molecule has 5 nitrogen and oxygen atoms in total. The summed E-state index contributed by atoms with van der Waals surface area (Å²) in [5, 5.41) is 3.92. The van der Waals surface area contributed by atoms with E-state index in [9.17, 15) is 13.2 Å². The van der Waals surface area contributed by atoms with Crippen LogP contribution in [0.1, 0.15) is 19.3 Å². The van der Waals surface area contributed by atoms with Gasteiger partial charge in [0.1, 0.15) is 0 Å². The Bertz CT molecular complexity index is 612. The van der Waals surface area contributed by atoms with Gasteiger partial charge in [0.25, 0.3) is 0 Å². The van der Waals surface area contributed by atoms with Gasteiger partial charge in [0.2, 0.25) is 15.9 Å². The molecule has 20 heavy (non-hydrogen) atoms. The Kier molecular flexibility index (Phi) is 3.38. The van der Waals surface area contributed by atoms with Crippen LogP contribution in [0.25, 0.3) is 0 Å². The fourth-order valence-electron chi connectivity index (χ4n) is 3.23. The third-order valence-corrected chi connectivity index (χ3v) is 6.26. The molecular formula is C13H18N2O3S2. The van der Waals surface area contributed by atoms with Crippen LogP contribution < -0.4 is 4.90 Å². The molecule has 1 aromatic rings. The molecule has 0 aromatic carbocycles. The number of carbonyl (C=O) groups excluding carboxylic acids is 1. The average Bonchev–Trinajstić information content (AvgIpc) is 3.00. The van der Waals surface area contributed by atoms with Gasteiger partial charge in [0.05, 0.1) is 17.4 Å². The molecule has 0 saturated carbocycles. The molecule has 2 saturated heterocycles. The van der Waals surface area contributed by atoms with Gasteiger partial charge in [-0.2, -0.15) is 11.3 Å². The van der Waals surface area contributed by atoms with Crippen molar-refractivity contribution in [1.29, 1.82) is 0 Å². The minimum Gasteiger partial charge on any atom is -0.311 e. The van der Waals surface area contributed by atoms with Crippen LogP contribution in [0.4, 0.5) is 5.69 Å². The number of sulfonamides is 1. The predicted octanol–water partition coefficient (Wildman–Crippen LogP) is 1.53. The molecular weight excluding hydrogens is 296 g/mol. The summed E-state index contributed by atoms with van der Waals surface area (Å²) in [7, 11) is -3.22. The first-order valence-corrected chi connectivity index (χ1v) is 9.51. The number of nitrogens with zero attached hydrogens (tertiary/aromatic N) is 2. The van der Waals surface area contributed by atoms with Gasteiger partial charge < -0.3 is 4.90 Å². The van der Waals surface area contributed by atoms with Crippen molar-refractivity contribution in [2.45, 2.75) is 19.3 Å². The van der Waals surface area contributed by atoms with Gasteiger partial charge in [-0.15, -0.1) is 0 Å². The van der Waals surface area contributed by atoms with Crippen LogP contribution >= 0.6 is 11.3 Å². The zero-order chi connectivity index (χ0) is 14.4. The maximum absolute atomic E-state index is 12.8. The SMILES string of the molecule is CS(=O)(=O)N1CCC[C@@]2(CCN(c3ccsc3)C2=O)C1. The Morgan fingerprint density at radius 3 is 2.75 bits per heavy atom. The van der Waals surface area contributed by atoms with Crippen LogP contribution in [0.15, 0.2) is 16.8 Å². The number of rotatable bonds is 2. The quantitative estimate of drug-likeness (QED) is 0.832. The van der Waals surface area contributed by atoms with Gasteiger partial charge in [0, 0.05) is 25.0 Å². The van der Waals surface area contributed by atoms with Crippen molar-refractivity contribution in [2.24, 2.45) is 5.41 Å². The highest BCUT2D eigenvalue weighted by atomic mass is 32.2. The van der Waals surface area contributed by atoms with E-state index in [1.165, 1.54) is 10.6 Å². The fourth-order valence-corrected chi connectivity index (χ4v) is 4.81. The highest BCUT2D eigenvalue weighted by molar-refractivity contribution is 7.88. The summed E-state index contributed by atoms with van der Waals surface area (Å²) in [5.41, 5.74) is 0.428. The molecule has 0 N–H and O–H groups in total. The largest absolute Gasteiger partial charge is 0.311 e. The molecule has 1 spiro atoms. The van der Waals surface area contributed by atoms with Crippen LogP contribution in [-0.2, 0) is 14.8 Å². The van der Waals surface area contributed by atoms with Gasteiger partial charge in [0.15, 0.2) is 0 Å². The Morgan fingerprint density at radius 2 is 2.10 bits per heavy atom. The lowest BCUT2D eigenvalue weighted by Crippen LogP contribution is -2.49. The van der Waals surface area contributed by atoms with Crippen LogP contribution in [-0.4, -0.2) is 44.5 Å². The van der Waals surface area contributed by atoms with Gasteiger partial charge in [-0.25, -0.2) is 12.7 Å². The molecule has 0 aliphatic carbocycles. The standard InChI is InChI=1S/C13H18N2O3S2/c1-20(17,18)14-6-2-4-13(10-14)5-7-15(12(13)16)11-3-8-19-9-11/h3,8-9H,2,4-7,10H2,1H3/t13-/m1/s1. The summed E-state index contributed by atoms with van der Waals surface area (Å²) in [5.74, 6) is 0.0873. The number of hydrogen-bond acceptors (Lipinski definition) is 4. The number of carbonyl (C=O) groups is 1. The fraction of sp³-hybridized carbons (Fsp3) is 0.615. The predicted molar refractivity (Wildman–Crippen MR) is 79.4 cm³/mol. The van der Waals surface area contributed by atoms with Crippen molar-refractivity contribution in [2.75, 3.05) is 30.8 Å². The second-order valence-corrected chi connectivity index (χ2v) is 8.43. The Hall–Kier alpha value is -0.920. The third-order valence-electron chi connectivity index (χ3n) is 4.34. The molecule has 2 fully saturated rings. The third kappa shape index (κ3) is 2.27. The second kappa shape index (κ2) is 4.82. The van der Waals surface area contributed by atoms with E-state index in [1.807, 2.05) is 21.7 Å². The first-order chi connectivity index (χ1) is 9.42. The van der Waals surface area contributed by atoms with E-state index in [-0.39, 0.29) is 5.91 Å². The zero-order valence-corrected chi connectivity index (χ0v) is 13.0. The lowest BCUT2D eigenvalue weighted by atomic mass is 9.79. The van der Waals surface area contributed by atoms with E-state index in [2.05, 4.69) is 0 Å². The molecule has 2 aliphatic rings. The van der Waals surface area contributed by atoms with Gasteiger partial charge >= 0.3 is 0 Å². The van der Waals surface area contributed by atoms with Crippen molar-refractivity contribution < 1.29 is 13.2 Å². The summed E-state index contributed by atoms with van der Waals surface area (Å²) in [4.78, 5) is 14.6. The first kappa shape index (κ1) is 14.0. The number of thiophene rings is 1. The summed E-state index contributed by atoms with van der Waals surface area (Å²) >= 11 is 1.57. The molecule has 0 bridgehead atoms. The van der Waals surface area contributed by atoms with Crippen molar-refractivity contribution in [1.82, 2.24) is 4.31 Å². The maximum Gasteiger partial charge on any atom is 0.234 e. The topological polar surface area (TPSA) is 57.7 Å². The van der Waals surface area contributed by atoms with E-state index in [4.69, 9.17) is 0 Å². The van der Waals surface area contributed by atoms with Crippen molar-refractivity contribution in [3.8, 4) is 0 Å². The van der Waals surface area contributed by atoms with Crippen LogP contribution in [0.5, 0.6) is 0 Å². The molecule has 1 atom stereocenters. The lowest BCUT2D eigenvalue weighted by Gasteiger charge is -2.37. The maximum atomic E-state index is 12.8. The summed E-state index contributed by atoms with van der Waals surface area (Å²) in [6.07, 6.45) is 3.52. The number of piperidine rings is 1. The van der Waals surface area contributed by atoms with E-state index in [0.717, 1.165) is 24.9 Å². The molecule has 3 rings (SSSR count). The zero-order valence-electron chi connectivity index (χ0n) is 11.4. The van der Waals surface area contributed by atoms with E-state index in [1.54, 1.807) is 11.3 Å². The first-order valence-electron chi connectivity index (χ1n) is 6.72. The normalized spacial score (nSPS) is 28.4. The van der Waals surface area contributed by atoms with Crippen LogP contribution in [0.2, 0.25) is 0 Å². The number of anilines is 1. The second-order valence-electron chi connectivity index (χ2n) is 5.67. The van der Waals surface area contributed by atoms with Crippen molar-refractivity contribution in [3.63, 3.8) is 0 Å². The number of amides is 1. The molecule has 3 heterocycles. The molecule has 0 radical (unpaired) electrons. The van der Waals surface area contributed by atoms with Gasteiger partial charge in [-0.05, 0) is 30.7 Å². The van der Waals surface area contributed by atoms with Gasteiger partial charge in [-0.3, -0.25) is 4.79 Å². The number of hydrogen-bond donors (Lipinski definition) is 0. The monoisotopic (exact) mass is 314 g/mol.